The molecule has 0 unspecified atom stereocenters. The zero-order chi connectivity index (χ0) is 21.0. The smallest absolute Gasteiger partial charge is 0.353 e. The molecule has 150 valence electrons. The van der Waals surface area contributed by atoms with Crippen LogP contribution in [0.4, 0.5) is 33.1 Å². The summed E-state index contributed by atoms with van der Waals surface area (Å²) in [5, 5.41) is 17.6. The Hall–Kier alpha value is -3.66. The Balaban J connectivity index is 2.01. The molecule has 9 nitrogen and oxygen atoms in total. The summed E-state index contributed by atoms with van der Waals surface area (Å²) in [4.78, 5) is 19.0. The van der Waals surface area contributed by atoms with Gasteiger partial charge in [-0.3, -0.25) is 10.1 Å². The number of nitrogens with zero attached hydrogens (tertiary/aromatic N) is 3. The minimum absolute atomic E-state index is 0.0716. The monoisotopic (exact) mass is 419 g/mol. The van der Waals surface area contributed by atoms with Crippen molar-refractivity contribution in [3.63, 3.8) is 0 Å². The number of anilines is 4. The number of methoxy groups -OCH3 is 2. The van der Waals surface area contributed by atoms with Crippen molar-refractivity contribution in [3.05, 3.63) is 63.7 Å². The fraction of sp³-hybridized carbons (Fsp3) is 0.111. The van der Waals surface area contributed by atoms with Gasteiger partial charge < -0.3 is 20.1 Å². The van der Waals surface area contributed by atoms with Crippen molar-refractivity contribution < 1.29 is 18.8 Å². The van der Waals surface area contributed by atoms with Crippen LogP contribution in [0, 0.1) is 15.9 Å². The van der Waals surface area contributed by atoms with Crippen LogP contribution in [0.1, 0.15) is 0 Å². The average Bonchev–Trinajstić information content (AvgIpc) is 2.70. The van der Waals surface area contributed by atoms with Crippen LogP contribution < -0.4 is 20.1 Å². The summed E-state index contributed by atoms with van der Waals surface area (Å²) in [6.07, 6.45) is 1.15. The number of benzene rings is 2. The summed E-state index contributed by atoms with van der Waals surface area (Å²) in [5.74, 6) is 0.127. The van der Waals surface area contributed by atoms with Gasteiger partial charge in [0.1, 0.15) is 23.6 Å². The van der Waals surface area contributed by atoms with Gasteiger partial charge in [-0.1, -0.05) is 11.6 Å². The summed E-state index contributed by atoms with van der Waals surface area (Å²) < 4.78 is 23.5. The maximum Gasteiger partial charge on any atom is 0.353 e. The minimum atomic E-state index is -0.633. The number of rotatable bonds is 7. The molecule has 0 amide bonds. The Kier molecular flexibility index (Phi) is 5.93. The predicted octanol–water partition coefficient (Wildman–Crippen LogP) is 4.68. The quantitative estimate of drug-likeness (QED) is 0.419. The van der Waals surface area contributed by atoms with Crippen molar-refractivity contribution in [2.45, 2.75) is 0 Å². The maximum atomic E-state index is 13.1. The normalized spacial score (nSPS) is 10.3. The molecule has 0 fully saturated rings. The number of hydrogen-bond acceptors (Lipinski definition) is 8. The lowest BCUT2D eigenvalue weighted by molar-refractivity contribution is -0.383. The molecule has 0 bridgehead atoms. The highest BCUT2D eigenvalue weighted by atomic mass is 35.5. The van der Waals surface area contributed by atoms with E-state index >= 15 is 0 Å². The fourth-order valence-corrected chi connectivity index (χ4v) is 2.73. The van der Waals surface area contributed by atoms with Gasteiger partial charge >= 0.3 is 5.69 Å². The molecule has 0 saturated heterocycles. The van der Waals surface area contributed by atoms with Gasteiger partial charge in [-0.15, -0.1) is 0 Å². The van der Waals surface area contributed by atoms with Crippen LogP contribution in [-0.4, -0.2) is 29.1 Å². The number of halogens is 2. The van der Waals surface area contributed by atoms with E-state index in [1.807, 2.05) is 0 Å². The SMILES string of the molecule is COc1cc(OC)c(Nc2ncnc(Nc3ccc(F)cc3)c2[N+](=O)[O-])cc1Cl. The zero-order valence-corrected chi connectivity index (χ0v) is 16.0. The summed E-state index contributed by atoms with van der Waals surface area (Å²) in [7, 11) is 2.89. The van der Waals surface area contributed by atoms with Crippen LogP contribution in [0.3, 0.4) is 0 Å². The number of nitrogens with one attached hydrogen (secondary N) is 2. The molecule has 0 saturated carbocycles. The Labute approximate surface area is 169 Å². The molecule has 1 heterocycles. The van der Waals surface area contributed by atoms with E-state index in [0.717, 1.165) is 6.33 Å². The summed E-state index contributed by atoms with van der Waals surface area (Å²) in [5.41, 5.74) is 0.350. The van der Waals surface area contributed by atoms with Crippen LogP contribution >= 0.6 is 11.6 Å². The standard InChI is InChI=1S/C18H15ClFN5O4/c1-28-14-8-15(29-2)13(7-12(14)19)24-18-16(25(26)27)17(21-9-22-18)23-11-5-3-10(20)4-6-11/h3-9H,1-2H3,(H2,21,22,23,24). The van der Waals surface area contributed by atoms with Gasteiger partial charge in [0.25, 0.3) is 0 Å². The van der Waals surface area contributed by atoms with E-state index in [9.17, 15) is 14.5 Å². The van der Waals surface area contributed by atoms with Gasteiger partial charge in [0.15, 0.2) is 0 Å². The van der Waals surface area contributed by atoms with Gasteiger partial charge in [0.05, 0.1) is 29.9 Å². The maximum absolute atomic E-state index is 13.1. The van der Waals surface area contributed by atoms with Crippen LogP contribution in [0.15, 0.2) is 42.7 Å². The zero-order valence-electron chi connectivity index (χ0n) is 15.3. The largest absolute Gasteiger partial charge is 0.495 e. The summed E-state index contributed by atoms with van der Waals surface area (Å²) >= 11 is 6.15. The molecule has 0 spiro atoms. The first-order chi connectivity index (χ1) is 13.9. The number of aromatic nitrogens is 2. The molecule has 0 aliphatic rings. The minimum Gasteiger partial charge on any atom is -0.495 e. The molecule has 29 heavy (non-hydrogen) atoms. The van der Waals surface area contributed by atoms with E-state index in [2.05, 4.69) is 20.6 Å². The second-order valence-electron chi connectivity index (χ2n) is 5.62. The number of ether oxygens (including phenoxy) is 2. The van der Waals surface area contributed by atoms with Crippen molar-refractivity contribution in [3.8, 4) is 11.5 Å². The first kappa shape index (κ1) is 20.1. The third-order valence-corrected chi connectivity index (χ3v) is 4.13. The molecule has 1 aromatic heterocycles. The van der Waals surface area contributed by atoms with E-state index < -0.39 is 16.4 Å². The number of hydrogen-bond donors (Lipinski definition) is 2. The van der Waals surface area contributed by atoms with E-state index in [4.69, 9.17) is 21.1 Å². The highest BCUT2D eigenvalue weighted by Crippen LogP contribution is 2.39. The van der Waals surface area contributed by atoms with Gasteiger partial charge in [0, 0.05) is 11.8 Å². The summed E-state index contributed by atoms with van der Waals surface area (Å²) in [6.45, 7) is 0. The molecule has 11 heteroatoms. The van der Waals surface area contributed by atoms with Gasteiger partial charge in [-0.25, -0.2) is 14.4 Å². The third-order valence-electron chi connectivity index (χ3n) is 3.84. The van der Waals surface area contributed by atoms with Crippen LogP contribution in [0.5, 0.6) is 11.5 Å². The lowest BCUT2D eigenvalue weighted by Gasteiger charge is -2.14. The highest BCUT2D eigenvalue weighted by Gasteiger charge is 2.24. The van der Waals surface area contributed by atoms with Crippen molar-refractivity contribution in [2.24, 2.45) is 0 Å². The number of nitro groups is 1. The van der Waals surface area contributed by atoms with Crippen molar-refractivity contribution in [2.75, 3.05) is 24.9 Å². The van der Waals surface area contributed by atoms with E-state index in [0.29, 0.717) is 22.9 Å². The summed E-state index contributed by atoms with van der Waals surface area (Å²) in [6, 6.07) is 8.34. The molecule has 0 aliphatic carbocycles. The molecule has 3 rings (SSSR count). The Bertz CT molecular complexity index is 1050. The molecular weight excluding hydrogens is 405 g/mol. The van der Waals surface area contributed by atoms with Crippen molar-refractivity contribution in [1.29, 1.82) is 0 Å². The van der Waals surface area contributed by atoms with Crippen LogP contribution in [0.25, 0.3) is 0 Å². The Morgan fingerprint density at radius 3 is 2.24 bits per heavy atom. The highest BCUT2D eigenvalue weighted by molar-refractivity contribution is 6.32. The van der Waals surface area contributed by atoms with E-state index in [-0.39, 0.29) is 16.7 Å². The van der Waals surface area contributed by atoms with Crippen molar-refractivity contribution >= 4 is 40.3 Å². The molecule has 2 aromatic carbocycles. The van der Waals surface area contributed by atoms with Crippen molar-refractivity contribution in [1.82, 2.24) is 9.97 Å². The molecule has 0 radical (unpaired) electrons. The molecule has 0 aliphatic heterocycles. The topological polar surface area (TPSA) is 111 Å². The molecule has 3 aromatic rings. The van der Waals surface area contributed by atoms with E-state index in [1.165, 1.54) is 50.6 Å². The first-order valence-corrected chi connectivity index (χ1v) is 8.51. The van der Waals surface area contributed by atoms with Crippen LogP contribution in [-0.2, 0) is 0 Å². The molecular formula is C18H15ClFN5O4. The second kappa shape index (κ2) is 8.57. The van der Waals surface area contributed by atoms with Crippen LogP contribution in [0.2, 0.25) is 5.02 Å². The Morgan fingerprint density at radius 2 is 1.66 bits per heavy atom. The lowest BCUT2D eigenvalue weighted by Crippen LogP contribution is -2.06. The first-order valence-electron chi connectivity index (χ1n) is 8.13. The predicted molar refractivity (Wildman–Crippen MR) is 106 cm³/mol. The average molecular weight is 420 g/mol. The van der Waals surface area contributed by atoms with Gasteiger partial charge in [0.2, 0.25) is 11.6 Å². The van der Waals surface area contributed by atoms with Gasteiger partial charge in [-0.05, 0) is 30.3 Å². The fourth-order valence-electron chi connectivity index (χ4n) is 2.49. The van der Waals surface area contributed by atoms with Gasteiger partial charge in [-0.2, -0.15) is 0 Å². The molecule has 0 atom stereocenters. The van der Waals surface area contributed by atoms with E-state index in [1.54, 1.807) is 0 Å². The second-order valence-corrected chi connectivity index (χ2v) is 6.03. The third kappa shape index (κ3) is 4.43. The Morgan fingerprint density at radius 1 is 1.03 bits per heavy atom. The lowest BCUT2D eigenvalue weighted by atomic mass is 10.2. The molecule has 2 N–H and O–H groups in total.